The van der Waals surface area contributed by atoms with Crippen LogP contribution in [0.25, 0.3) is 5.70 Å². The Kier molecular flexibility index (Phi) is 6.50. The molecule has 0 unspecified atom stereocenters. The van der Waals surface area contributed by atoms with E-state index in [0.717, 1.165) is 30.9 Å². The van der Waals surface area contributed by atoms with Crippen molar-refractivity contribution in [1.29, 1.82) is 0 Å². The molecule has 0 aromatic heterocycles. The van der Waals surface area contributed by atoms with Gasteiger partial charge in [0.05, 0.1) is 11.3 Å². The van der Waals surface area contributed by atoms with Gasteiger partial charge in [-0.3, -0.25) is 15.6 Å². The van der Waals surface area contributed by atoms with Gasteiger partial charge in [-0.05, 0) is 55.8 Å². The van der Waals surface area contributed by atoms with E-state index in [0.29, 0.717) is 5.56 Å². The van der Waals surface area contributed by atoms with Crippen LogP contribution in [0.2, 0.25) is 0 Å². The predicted octanol–water partition coefficient (Wildman–Crippen LogP) is 4.46. The second-order valence-corrected chi connectivity index (χ2v) is 5.86. The van der Waals surface area contributed by atoms with E-state index in [-0.39, 0.29) is 11.3 Å². The maximum atomic E-state index is 12.8. The zero-order valence-corrected chi connectivity index (χ0v) is 15.2. The van der Waals surface area contributed by atoms with E-state index in [1.165, 1.54) is 12.1 Å². The lowest BCUT2D eigenvalue weighted by Crippen LogP contribution is -2.35. The minimum Gasteiger partial charge on any atom is -0.372 e. The van der Waals surface area contributed by atoms with Gasteiger partial charge in [-0.1, -0.05) is 18.7 Å². The maximum Gasteiger partial charge on any atom is 0.416 e. The molecule has 144 valence electrons. The van der Waals surface area contributed by atoms with Crippen molar-refractivity contribution in [3.05, 3.63) is 71.8 Å². The second kappa shape index (κ2) is 8.62. The summed E-state index contributed by atoms with van der Waals surface area (Å²) in [4.78, 5) is 14.4. The van der Waals surface area contributed by atoms with E-state index >= 15 is 0 Å². The minimum absolute atomic E-state index is 0.161. The molecule has 2 aromatic rings. The van der Waals surface area contributed by atoms with Crippen LogP contribution in [-0.2, 0) is 6.18 Å². The number of carbonyl (C=O) groups is 1. The molecular formula is C20H22F3N3O. The fourth-order valence-electron chi connectivity index (χ4n) is 2.57. The van der Waals surface area contributed by atoms with E-state index in [2.05, 4.69) is 22.3 Å². The van der Waals surface area contributed by atoms with Crippen LogP contribution >= 0.6 is 0 Å². The normalized spacial score (nSPS) is 11.0. The van der Waals surface area contributed by atoms with Crippen LogP contribution in [0, 0.1) is 0 Å². The van der Waals surface area contributed by atoms with Crippen molar-refractivity contribution in [3.8, 4) is 0 Å². The number of hydrogen-bond donors (Lipinski definition) is 2. The first-order valence-electron chi connectivity index (χ1n) is 8.54. The summed E-state index contributed by atoms with van der Waals surface area (Å²) in [6.45, 7) is 9.49. The summed E-state index contributed by atoms with van der Waals surface area (Å²) in [6, 6.07) is 11.8. The van der Waals surface area contributed by atoms with E-state index in [1.54, 1.807) is 12.1 Å². The zero-order valence-electron chi connectivity index (χ0n) is 15.2. The van der Waals surface area contributed by atoms with Gasteiger partial charge in [-0.2, -0.15) is 13.2 Å². The number of nitrogens with one attached hydrogen (secondary N) is 2. The Hall–Kier alpha value is -2.96. The number of hydrazine groups is 1. The molecule has 0 aliphatic heterocycles. The van der Waals surface area contributed by atoms with Gasteiger partial charge in [0.25, 0.3) is 5.91 Å². The Bertz CT molecular complexity index is 797. The molecule has 0 saturated heterocycles. The van der Waals surface area contributed by atoms with Crippen LogP contribution in [-0.4, -0.2) is 19.0 Å². The molecule has 0 saturated carbocycles. The molecule has 0 aliphatic carbocycles. The molecule has 1 amide bonds. The predicted molar refractivity (Wildman–Crippen MR) is 101 cm³/mol. The van der Waals surface area contributed by atoms with Gasteiger partial charge in [-0.25, -0.2) is 0 Å². The third kappa shape index (κ3) is 5.26. The average molecular weight is 377 g/mol. The van der Waals surface area contributed by atoms with Crippen molar-refractivity contribution in [2.24, 2.45) is 0 Å². The Labute approximate surface area is 156 Å². The van der Waals surface area contributed by atoms with Gasteiger partial charge in [0.1, 0.15) is 0 Å². The molecule has 7 heteroatoms. The number of benzene rings is 2. The van der Waals surface area contributed by atoms with E-state index in [9.17, 15) is 18.0 Å². The molecular weight excluding hydrogens is 355 g/mol. The molecule has 2 aromatic carbocycles. The summed E-state index contributed by atoms with van der Waals surface area (Å²) in [7, 11) is 0. The Morgan fingerprint density at radius 3 is 2.19 bits per heavy atom. The summed E-state index contributed by atoms with van der Waals surface area (Å²) in [5, 5.41) is 0. The van der Waals surface area contributed by atoms with Crippen LogP contribution in [0.4, 0.5) is 18.9 Å². The van der Waals surface area contributed by atoms with Crippen LogP contribution in [0.5, 0.6) is 0 Å². The lowest BCUT2D eigenvalue weighted by atomic mass is 10.1. The second-order valence-electron chi connectivity index (χ2n) is 5.86. The highest BCUT2D eigenvalue weighted by Crippen LogP contribution is 2.30. The number of halogens is 3. The standard InChI is InChI=1S/C20H22F3N3O/c1-4-26(5-2)18-11-9-15(10-12-18)19(27)25-24-14(3)16-7-6-8-17(13-16)20(21,22)23/h6-13,24H,3-5H2,1-2H3,(H,25,27). The molecule has 0 radical (unpaired) electrons. The smallest absolute Gasteiger partial charge is 0.372 e. The summed E-state index contributed by atoms with van der Waals surface area (Å²) in [6.07, 6.45) is -4.44. The largest absolute Gasteiger partial charge is 0.416 e. The van der Waals surface area contributed by atoms with Gasteiger partial charge in [0.15, 0.2) is 0 Å². The quantitative estimate of drug-likeness (QED) is 0.701. The van der Waals surface area contributed by atoms with Gasteiger partial charge in [0, 0.05) is 24.3 Å². The number of nitrogens with zero attached hydrogens (tertiary/aromatic N) is 1. The Morgan fingerprint density at radius 1 is 1.00 bits per heavy atom. The summed E-state index contributed by atoms with van der Waals surface area (Å²) in [5.74, 6) is -0.408. The highest BCUT2D eigenvalue weighted by Gasteiger charge is 2.30. The highest BCUT2D eigenvalue weighted by atomic mass is 19.4. The Balaban J connectivity index is 2.00. The lowest BCUT2D eigenvalue weighted by molar-refractivity contribution is -0.137. The van der Waals surface area contributed by atoms with Crippen molar-refractivity contribution in [1.82, 2.24) is 10.9 Å². The SMILES string of the molecule is C=C(NNC(=O)c1ccc(N(CC)CC)cc1)c1cccc(C(F)(F)F)c1. The molecule has 0 atom stereocenters. The lowest BCUT2D eigenvalue weighted by Gasteiger charge is -2.21. The van der Waals surface area contributed by atoms with Crippen LogP contribution in [0.1, 0.15) is 35.3 Å². The van der Waals surface area contributed by atoms with Crippen molar-refractivity contribution in [2.45, 2.75) is 20.0 Å². The first kappa shape index (κ1) is 20.4. The third-order valence-corrected chi connectivity index (χ3v) is 4.12. The number of carbonyl (C=O) groups excluding carboxylic acids is 1. The molecule has 2 rings (SSSR count). The number of hydrogen-bond acceptors (Lipinski definition) is 3. The monoisotopic (exact) mass is 377 g/mol. The maximum absolute atomic E-state index is 12.8. The Morgan fingerprint density at radius 2 is 1.63 bits per heavy atom. The van der Waals surface area contributed by atoms with Crippen molar-refractivity contribution in [2.75, 3.05) is 18.0 Å². The van der Waals surface area contributed by atoms with Gasteiger partial charge < -0.3 is 4.90 Å². The number of amides is 1. The molecule has 27 heavy (non-hydrogen) atoms. The zero-order chi connectivity index (χ0) is 20.0. The molecule has 0 bridgehead atoms. The molecule has 2 N–H and O–H groups in total. The van der Waals surface area contributed by atoms with E-state index in [4.69, 9.17) is 0 Å². The van der Waals surface area contributed by atoms with Crippen molar-refractivity contribution < 1.29 is 18.0 Å². The summed E-state index contributed by atoms with van der Waals surface area (Å²) in [5.41, 5.74) is 6.07. The molecule has 0 aliphatic rings. The average Bonchev–Trinajstić information content (AvgIpc) is 2.66. The molecule has 4 nitrogen and oxygen atoms in total. The topological polar surface area (TPSA) is 44.4 Å². The van der Waals surface area contributed by atoms with Crippen LogP contribution < -0.4 is 15.8 Å². The summed E-state index contributed by atoms with van der Waals surface area (Å²) >= 11 is 0. The fraction of sp³-hybridized carbons (Fsp3) is 0.250. The van der Waals surface area contributed by atoms with Crippen LogP contribution in [0.15, 0.2) is 55.1 Å². The minimum atomic E-state index is -4.44. The van der Waals surface area contributed by atoms with Crippen molar-refractivity contribution in [3.63, 3.8) is 0 Å². The number of anilines is 1. The first-order chi connectivity index (χ1) is 12.8. The molecule has 0 fully saturated rings. The first-order valence-corrected chi connectivity index (χ1v) is 8.54. The molecule has 0 spiro atoms. The number of rotatable bonds is 7. The van der Waals surface area contributed by atoms with Gasteiger partial charge >= 0.3 is 6.18 Å². The van der Waals surface area contributed by atoms with Crippen molar-refractivity contribution >= 4 is 17.3 Å². The van der Waals surface area contributed by atoms with E-state index in [1.807, 2.05) is 26.0 Å². The summed E-state index contributed by atoms with van der Waals surface area (Å²) < 4.78 is 38.4. The van der Waals surface area contributed by atoms with Crippen LogP contribution in [0.3, 0.4) is 0 Å². The van der Waals surface area contributed by atoms with Gasteiger partial charge in [-0.15, -0.1) is 0 Å². The van der Waals surface area contributed by atoms with Gasteiger partial charge in [0.2, 0.25) is 0 Å². The highest BCUT2D eigenvalue weighted by molar-refractivity contribution is 5.94. The third-order valence-electron chi connectivity index (χ3n) is 4.12. The fourth-order valence-corrected chi connectivity index (χ4v) is 2.57. The molecule has 0 heterocycles. The number of alkyl halides is 3. The van der Waals surface area contributed by atoms with E-state index < -0.39 is 17.6 Å².